The zero-order chi connectivity index (χ0) is 15.9. The average molecular weight is 443 g/mol. The average Bonchev–Trinajstić information content (AvgIpc) is 2.80. The number of nitrogens with zero attached hydrogens (tertiary/aromatic N) is 1. The molecule has 130 valence electrons. The van der Waals surface area contributed by atoms with Gasteiger partial charge in [0, 0.05) is 18.3 Å². The first-order chi connectivity index (χ1) is 9.84. The van der Waals surface area contributed by atoms with Crippen molar-refractivity contribution < 1.29 is 9.53 Å². The molecule has 5 nitrogen and oxygen atoms in total. The quantitative estimate of drug-likeness (QED) is 0.296. The molecular formula is C15H30IN3O2S. The van der Waals surface area contributed by atoms with Crippen molar-refractivity contribution in [2.24, 2.45) is 4.99 Å². The van der Waals surface area contributed by atoms with Crippen molar-refractivity contribution in [1.29, 1.82) is 0 Å². The fourth-order valence-corrected chi connectivity index (χ4v) is 3.52. The number of nitrogens with one attached hydrogen (secondary N) is 2. The summed E-state index contributed by atoms with van der Waals surface area (Å²) in [4.78, 5) is 15.9. The van der Waals surface area contributed by atoms with Crippen LogP contribution in [0.2, 0.25) is 0 Å². The number of halogens is 1. The van der Waals surface area contributed by atoms with Crippen molar-refractivity contribution >= 4 is 47.7 Å². The minimum atomic E-state index is -0.453. The Kier molecular flexibility index (Phi) is 10.5. The number of thioether (sulfide) groups is 1. The van der Waals surface area contributed by atoms with Crippen LogP contribution in [0.5, 0.6) is 0 Å². The molecule has 1 rings (SSSR count). The zero-order valence-electron chi connectivity index (χ0n) is 14.3. The number of rotatable bonds is 5. The molecule has 0 bridgehead atoms. The van der Waals surface area contributed by atoms with Gasteiger partial charge in [0.2, 0.25) is 0 Å². The summed E-state index contributed by atoms with van der Waals surface area (Å²) in [6.45, 7) is 7.93. The lowest BCUT2D eigenvalue weighted by atomic mass is 10.2. The Morgan fingerprint density at radius 1 is 1.36 bits per heavy atom. The van der Waals surface area contributed by atoms with Gasteiger partial charge in [-0.25, -0.2) is 0 Å². The van der Waals surface area contributed by atoms with Crippen LogP contribution in [0.15, 0.2) is 4.99 Å². The number of aliphatic imine (C=N–C) groups is 1. The van der Waals surface area contributed by atoms with Gasteiger partial charge in [-0.05, 0) is 45.8 Å². The van der Waals surface area contributed by atoms with Crippen molar-refractivity contribution in [2.75, 3.05) is 19.3 Å². The van der Waals surface area contributed by atoms with Crippen molar-refractivity contribution in [3.63, 3.8) is 0 Å². The van der Waals surface area contributed by atoms with Gasteiger partial charge in [0.25, 0.3) is 0 Å². The minimum Gasteiger partial charge on any atom is -0.459 e. The maximum atomic E-state index is 11.7. The van der Waals surface area contributed by atoms with Gasteiger partial charge >= 0.3 is 5.97 Å². The Bertz CT molecular complexity index is 372. The van der Waals surface area contributed by atoms with Gasteiger partial charge < -0.3 is 15.4 Å². The van der Waals surface area contributed by atoms with E-state index in [1.54, 1.807) is 7.05 Å². The molecule has 0 spiro atoms. The molecule has 2 unspecified atom stereocenters. The molecule has 0 aromatic carbocycles. The van der Waals surface area contributed by atoms with Crippen LogP contribution in [-0.2, 0) is 9.53 Å². The monoisotopic (exact) mass is 443 g/mol. The smallest absolute Gasteiger partial charge is 0.325 e. The van der Waals surface area contributed by atoms with E-state index < -0.39 is 5.60 Å². The topological polar surface area (TPSA) is 62.7 Å². The van der Waals surface area contributed by atoms with Crippen LogP contribution in [0, 0.1) is 0 Å². The molecule has 2 atom stereocenters. The predicted molar refractivity (Wildman–Crippen MR) is 105 cm³/mol. The fraction of sp³-hybridized carbons (Fsp3) is 0.867. The van der Waals surface area contributed by atoms with E-state index in [-0.39, 0.29) is 36.5 Å². The Balaban J connectivity index is 0.00000441. The molecule has 22 heavy (non-hydrogen) atoms. The molecule has 7 heteroatoms. The van der Waals surface area contributed by atoms with E-state index in [1.807, 2.05) is 32.5 Å². The maximum absolute atomic E-state index is 11.7. The number of hydrogen-bond acceptors (Lipinski definition) is 4. The first-order valence-electron chi connectivity index (χ1n) is 7.64. The molecule has 1 aliphatic carbocycles. The van der Waals surface area contributed by atoms with Crippen LogP contribution in [0.3, 0.4) is 0 Å². The molecule has 0 saturated heterocycles. The van der Waals surface area contributed by atoms with Crippen LogP contribution in [0.4, 0.5) is 0 Å². The maximum Gasteiger partial charge on any atom is 0.325 e. The molecule has 0 radical (unpaired) electrons. The van der Waals surface area contributed by atoms with E-state index >= 15 is 0 Å². The Morgan fingerprint density at radius 2 is 2.05 bits per heavy atom. The number of carbonyl (C=O) groups excluding carboxylic acids is 1. The summed E-state index contributed by atoms with van der Waals surface area (Å²) in [5.74, 6) is 1.58. The first-order valence-corrected chi connectivity index (χ1v) is 8.69. The number of guanidine groups is 1. The lowest BCUT2D eigenvalue weighted by Gasteiger charge is -2.21. The van der Waals surface area contributed by atoms with Gasteiger partial charge in [-0.2, -0.15) is 11.8 Å². The molecule has 0 aromatic heterocycles. The molecule has 0 aromatic rings. The highest BCUT2D eigenvalue weighted by molar-refractivity contribution is 14.0. The van der Waals surface area contributed by atoms with Gasteiger partial charge in [-0.3, -0.25) is 9.79 Å². The summed E-state index contributed by atoms with van der Waals surface area (Å²) in [5.41, 5.74) is -0.453. The molecule has 1 saturated carbocycles. The molecule has 0 heterocycles. The zero-order valence-corrected chi connectivity index (χ0v) is 17.4. The van der Waals surface area contributed by atoms with Gasteiger partial charge in [0.05, 0.1) is 0 Å². The van der Waals surface area contributed by atoms with E-state index in [0.29, 0.717) is 12.0 Å². The van der Waals surface area contributed by atoms with E-state index in [9.17, 15) is 4.79 Å². The lowest BCUT2D eigenvalue weighted by molar-refractivity contribution is -0.153. The first kappa shape index (κ1) is 21.8. The van der Waals surface area contributed by atoms with Gasteiger partial charge in [-0.15, -0.1) is 24.0 Å². The molecule has 0 amide bonds. The van der Waals surface area contributed by atoms with Crippen molar-refractivity contribution in [3.8, 4) is 0 Å². The predicted octanol–water partition coefficient (Wildman–Crippen LogP) is 2.79. The second kappa shape index (κ2) is 10.6. The SMILES string of the molecule is CCSC1CCC(NC(=NC)NCC(=O)OC(C)(C)C)C1.I. The second-order valence-corrected chi connectivity index (χ2v) is 7.82. The second-order valence-electron chi connectivity index (χ2n) is 6.24. The Hall–Kier alpha value is -0.180. The van der Waals surface area contributed by atoms with Gasteiger partial charge in [-0.1, -0.05) is 6.92 Å². The minimum absolute atomic E-state index is 0. The Morgan fingerprint density at radius 3 is 2.59 bits per heavy atom. The third-order valence-corrected chi connectivity index (χ3v) is 4.40. The van der Waals surface area contributed by atoms with Crippen LogP contribution >= 0.6 is 35.7 Å². The number of esters is 1. The number of carbonyl (C=O) groups is 1. The van der Waals surface area contributed by atoms with E-state index in [0.717, 1.165) is 18.1 Å². The summed E-state index contributed by atoms with van der Waals surface area (Å²) < 4.78 is 5.26. The summed E-state index contributed by atoms with van der Waals surface area (Å²) in [6.07, 6.45) is 3.57. The third kappa shape index (κ3) is 9.07. The van der Waals surface area contributed by atoms with Crippen molar-refractivity contribution in [2.45, 2.75) is 63.9 Å². The summed E-state index contributed by atoms with van der Waals surface area (Å²) in [6, 6.07) is 0.443. The van der Waals surface area contributed by atoms with E-state index in [2.05, 4.69) is 22.5 Å². The summed E-state index contributed by atoms with van der Waals surface area (Å²) in [5, 5.41) is 7.16. The van der Waals surface area contributed by atoms with Crippen LogP contribution < -0.4 is 10.6 Å². The van der Waals surface area contributed by atoms with Crippen LogP contribution in [-0.4, -0.2) is 48.2 Å². The summed E-state index contributed by atoms with van der Waals surface area (Å²) >= 11 is 2.03. The van der Waals surface area contributed by atoms with Gasteiger partial charge in [0.15, 0.2) is 5.96 Å². The lowest BCUT2D eigenvalue weighted by Crippen LogP contribution is -2.45. The highest BCUT2D eigenvalue weighted by Crippen LogP contribution is 2.29. The fourth-order valence-electron chi connectivity index (χ4n) is 2.38. The molecule has 0 aliphatic heterocycles. The molecule has 1 aliphatic rings. The van der Waals surface area contributed by atoms with Crippen molar-refractivity contribution in [1.82, 2.24) is 10.6 Å². The Labute approximate surface area is 155 Å². The highest BCUT2D eigenvalue weighted by atomic mass is 127. The number of ether oxygens (including phenoxy) is 1. The largest absolute Gasteiger partial charge is 0.459 e. The third-order valence-electron chi connectivity index (χ3n) is 3.17. The molecule has 2 N–H and O–H groups in total. The number of hydrogen-bond donors (Lipinski definition) is 2. The summed E-state index contributed by atoms with van der Waals surface area (Å²) in [7, 11) is 1.72. The van der Waals surface area contributed by atoms with Crippen LogP contribution in [0.25, 0.3) is 0 Å². The normalized spacial score (nSPS) is 22.0. The van der Waals surface area contributed by atoms with E-state index in [4.69, 9.17) is 4.74 Å². The standard InChI is InChI=1S/C15H29N3O2S.HI/c1-6-21-12-8-7-11(9-12)18-14(16-5)17-10-13(19)20-15(2,3)4;/h11-12H,6-10H2,1-5H3,(H2,16,17,18);1H. The van der Waals surface area contributed by atoms with Crippen molar-refractivity contribution in [3.05, 3.63) is 0 Å². The van der Waals surface area contributed by atoms with E-state index in [1.165, 1.54) is 12.2 Å². The molecular weight excluding hydrogens is 413 g/mol. The highest BCUT2D eigenvalue weighted by Gasteiger charge is 2.25. The van der Waals surface area contributed by atoms with Crippen LogP contribution in [0.1, 0.15) is 47.0 Å². The van der Waals surface area contributed by atoms with Gasteiger partial charge in [0.1, 0.15) is 12.1 Å². The molecule has 1 fully saturated rings.